The number of quaternary nitrogens is 1. The van der Waals surface area contributed by atoms with Crippen LogP contribution < -0.4 is 24.8 Å². The lowest BCUT2D eigenvalue weighted by Crippen LogP contribution is -3.19. The molecule has 2 fully saturated rings. The van der Waals surface area contributed by atoms with Crippen molar-refractivity contribution in [1.29, 1.82) is 0 Å². The predicted molar refractivity (Wildman–Crippen MR) is 97.6 cm³/mol. The second kappa shape index (κ2) is 7.40. The zero-order valence-corrected chi connectivity index (χ0v) is 15.3. The molecule has 1 aromatic carbocycles. The van der Waals surface area contributed by atoms with Gasteiger partial charge >= 0.3 is 0 Å². The molecule has 1 atom stereocenters. The van der Waals surface area contributed by atoms with Crippen molar-refractivity contribution in [2.75, 3.05) is 36.0 Å². The van der Waals surface area contributed by atoms with Crippen LogP contribution in [0.1, 0.15) is 16.8 Å². The maximum atomic E-state index is 12.9. The number of hydrogen-bond donors (Lipinski definition) is 1. The van der Waals surface area contributed by atoms with E-state index in [1.54, 1.807) is 0 Å². The summed E-state index contributed by atoms with van der Waals surface area (Å²) >= 11 is 0. The first-order valence-electron chi connectivity index (χ1n) is 9.29. The van der Waals surface area contributed by atoms with Crippen LogP contribution in [-0.2, 0) is 9.59 Å². The van der Waals surface area contributed by atoms with Gasteiger partial charge in [0.1, 0.15) is 26.2 Å². The van der Waals surface area contributed by atoms with Crippen molar-refractivity contribution in [3.63, 3.8) is 0 Å². The van der Waals surface area contributed by atoms with Crippen LogP contribution in [0, 0.1) is 0 Å². The van der Waals surface area contributed by atoms with E-state index < -0.39 is 12.0 Å². The molecule has 2 aliphatic rings. The van der Waals surface area contributed by atoms with Crippen LogP contribution in [0.2, 0.25) is 0 Å². The summed E-state index contributed by atoms with van der Waals surface area (Å²) in [4.78, 5) is 44.0. The molecule has 8 nitrogen and oxygen atoms in total. The third-order valence-corrected chi connectivity index (χ3v) is 5.44. The van der Waals surface area contributed by atoms with E-state index in [-0.39, 0.29) is 23.8 Å². The summed E-state index contributed by atoms with van der Waals surface area (Å²) in [5.74, 6) is -0.713. The van der Waals surface area contributed by atoms with E-state index in [1.165, 1.54) is 29.2 Å². The molecular formula is C20H21N4O4+. The molecule has 0 radical (unpaired) electrons. The molecule has 0 unspecified atom stereocenters. The number of nitrogens with one attached hydrogen (secondary N) is 2. The number of carbonyl (C=O) groups excluding carboxylic acids is 3. The largest absolute Gasteiger partial charge is 0.545 e. The number of carboxylic acids is 1. The van der Waals surface area contributed by atoms with Crippen LogP contribution in [-0.4, -0.2) is 50.0 Å². The Morgan fingerprint density at radius 2 is 1.79 bits per heavy atom. The molecule has 28 heavy (non-hydrogen) atoms. The molecule has 144 valence electrons. The number of piperazine rings is 1. The first-order valence-corrected chi connectivity index (χ1v) is 9.29. The van der Waals surface area contributed by atoms with Crippen molar-refractivity contribution in [2.45, 2.75) is 12.5 Å². The van der Waals surface area contributed by atoms with Crippen LogP contribution in [0.3, 0.4) is 0 Å². The molecule has 1 aromatic heterocycles. The Hall–Kier alpha value is -3.26. The number of anilines is 2. The lowest BCUT2D eigenvalue weighted by molar-refractivity contribution is -0.915. The Kier molecular flexibility index (Phi) is 4.79. The second-order valence-corrected chi connectivity index (χ2v) is 7.05. The number of hydrogen-bond acceptors (Lipinski definition) is 5. The predicted octanol–water partition coefficient (Wildman–Crippen LogP) is -2.10. The summed E-state index contributed by atoms with van der Waals surface area (Å²) in [6.45, 7) is 3.13. The van der Waals surface area contributed by atoms with E-state index in [1.807, 2.05) is 24.4 Å². The maximum absolute atomic E-state index is 12.9. The number of carboxylic acid groups (broad SMARTS) is 1. The van der Waals surface area contributed by atoms with Crippen LogP contribution in [0.15, 0.2) is 48.7 Å². The minimum atomic E-state index is -1.29. The highest BCUT2D eigenvalue weighted by molar-refractivity contribution is 6.21. The molecule has 0 bridgehead atoms. The fraction of sp³-hybridized carbons (Fsp3) is 0.300. The summed E-state index contributed by atoms with van der Waals surface area (Å²) in [6, 6.07) is 11.2. The molecule has 0 spiro atoms. The summed E-state index contributed by atoms with van der Waals surface area (Å²) in [6.07, 6.45) is 2.06. The highest BCUT2D eigenvalue weighted by atomic mass is 16.4. The van der Waals surface area contributed by atoms with Crippen molar-refractivity contribution >= 4 is 29.3 Å². The highest BCUT2D eigenvalue weighted by Crippen LogP contribution is 2.22. The number of carbonyl (C=O) groups is 3. The Labute approximate surface area is 162 Å². The topological polar surface area (TPSA) is 99.3 Å². The Balaban J connectivity index is 1.44. The number of benzene rings is 1. The molecule has 0 saturated carbocycles. The van der Waals surface area contributed by atoms with Gasteiger partial charge in [0.05, 0.1) is 24.3 Å². The van der Waals surface area contributed by atoms with Crippen molar-refractivity contribution in [3.8, 4) is 0 Å². The van der Waals surface area contributed by atoms with Crippen molar-refractivity contribution < 1.29 is 29.4 Å². The Morgan fingerprint density at radius 3 is 2.39 bits per heavy atom. The smallest absolute Gasteiger partial charge is 0.292 e. The quantitative estimate of drug-likeness (QED) is 0.612. The minimum absolute atomic E-state index is 0.0128. The van der Waals surface area contributed by atoms with E-state index in [4.69, 9.17) is 0 Å². The van der Waals surface area contributed by atoms with Gasteiger partial charge in [-0.25, -0.2) is 9.88 Å². The summed E-state index contributed by atoms with van der Waals surface area (Å²) in [5, 5.41) is 10.9. The SMILES string of the molecule is O=C([O-])c1ccc(N2C(=O)C[C@@H]([NH+]3CCN(c4cccc[nH+]4)CC3)C2=O)cc1. The number of pyridine rings is 1. The summed E-state index contributed by atoms with van der Waals surface area (Å²) < 4.78 is 0. The zero-order valence-electron chi connectivity index (χ0n) is 15.3. The second-order valence-electron chi connectivity index (χ2n) is 7.05. The average molecular weight is 381 g/mol. The fourth-order valence-electron chi connectivity index (χ4n) is 3.93. The number of amides is 2. The number of H-pyrrole nitrogens is 1. The first kappa shape index (κ1) is 18.1. The van der Waals surface area contributed by atoms with Gasteiger partial charge in [-0.05, 0) is 23.8 Å². The lowest BCUT2D eigenvalue weighted by Gasteiger charge is -2.31. The average Bonchev–Trinajstić information content (AvgIpc) is 3.03. The van der Waals surface area contributed by atoms with Crippen LogP contribution in [0.25, 0.3) is 0 Å². The van der Waals surface area contributed by atoms with Crippen LogP contribution >= 0.6 is 0 Å². The Morgan fingerprint density at radius 1 is 1.07 bits per heavy atom. The zero-order chi connectivity index (χ0) is 19.7. The number of aromatic carboxylic acids is 1. The molecule has 2 N–H and O–H groups in total. The van der Waals surface area contributed by atoms with Gasteiger partial charge in [-0.2, -0.15) is 0 Å². The number of imide groups is 1. The molecule has 2 aromatic rings. The van der Waals surface area contributed by atoms with Gasteiger partial charge < -0.3 is 14.8 Å². The van der Waals surface area contributed by atoms with Gasteiger partial charge in [-0.3, -0.25) is 14.5 Å². The highest BCUT2D eigenvalue weighted by Gasteiger charge is 2.47. The molecule has 3 heterocycles. The molecule has 2 saturated heterocycles. The molecule has 2 amide bonds. The van der Waals surface area contributed by atoms with Crippen LogP contribution in [0.4, 0.5) is 11.5 Å². The number of aromatic amines is 1. The van der Waals surface area contributed by atoms with Crippen molar-refractivity contribution in [1.82, 2.24) is 0 Å². The van der Waals surface area contributed by atoms with Crippen molar-refractivity contribution in [3.05, 3.63) is 54.2 Å². The van der Waals surface area contributed by atoms with E-state index >= 15 is 0 Å². The van der Waals surface area contributed by atoms with Gasteiger partial charge in [0.25, 0.3) is 11.7 Å². The van der Waals surface area contributed by atoms with E-state index in [9.17, 15) is 19.5 Å². The minimum Gasteiger partial charge on any atom is -0.545 e. The monoisotopic (exact) mass is 381 g/mol. The normalized spacial score (nSPS) is 20.6. The maximum Gasteiger partial charge on any atom is 0.292 e. The molecule has 0 aliphatic carbocycles. The molecular weight excluding hydrogens is 360 g/mol. The van der Waals surface area contributed by atoms with Crippen LogP contribution in [0.5, 0.6) is 0 Å². The third-order valence-electron chi connectivity index (χ3n) is 5.44. The summed E-state index contributed by atoms with van der Waals surface area (Å²) in [5.41, 5.74) is 0.415. The Bertz CT molecular complexity index is 892. The van der Waals surface area contributed by atoms with Gasteiger partial charge in [0.2, 0.25) is 5.91 Å². The fourth-order valence-corrected chi connectivity index (χ4v) is 3.93. The van der Waals surface area contributed by atoms with E-state index in [2.05, 4.69) is 9.88 Å². The lowest BCUT2D eigenvalue weighted by atomic mass is 10.1. The molecule has 8 heteroatoms. The van der Waals surface area contributed by atoms with Crippen molar-refractivity contribution in [2.24, 2.45) is 0 Å². The number of rotatable bonds is 4. The third kappa shape index (κ3) is 3.34. The standard InChI is InChI=1S/C20H20N4O4/c25-18-13-16(19(26)24(18)15-6-4-14(5-7-15)20(27)28)22-9-11-23(12-10-22)17-3-1-2-8-21-17/h1-8,16H,9-13H2,(H,27,28)/p+1/t16-/m1/s1. The van der Waals surface area contributed by atoms with Gasteiger partial charge in [0, 0.05) is 6.07 Å². The first-order chi connectivity index (χ1) is 13.5. The number of nitrogens with zero attached hydrogens (tertiary/aromatic N) is 2. The molecule has 4 rings (SSSR count). The van der Waals surface area contributed by atoms with Gasteiger partial charge in [-0.15, -0.1) is 0 Å². The van der Waals surface area contributed by atoms with E-state index in [0.29, 0.717) is 5.69 Å². The van der Waals surface area contributed by atoms with E-state index in [0.717, 1.165) is 36.9 Å². The van der Waals surface area contributed by atoms with Gasteiger partial charge in [-0.1, -0.05) is 18.2 Å². The molecule has 2 aliphatic heterocycles. The summed E-state index contributed by atoms with van der Waals surface area (Å²) in [7, 11) is 0. The van der Waals surface area contributed by atoms with Gasteiger partial charge in [0.15, 0.2) is 6.04 Å². The number of aromatic nitrogens is 1.